The van der Waals surface area contributed by atoms with Gasteiger partial charge in [-0.2, -0.15) is 0 Å². The highest BCUT2D eigenvalue weighted by Gasteiger charge is 2.15. The topological polar surface area (TPSA) is 4.93 Å². The second-order valence-electron chi connectivity index (χ2n) is 5.49. The zero-order valence-corrected chi connectivity index (χ0v) is 12.0. The summed E-state index contributed by atoms with van der Waals surface area (Å²) in [6, 6.07) is 28.4. The van der Waals surface area contributed by atoms with Crippen molar-refractivity contribution in [1.29, 1.82) is 0 Å². The zero-order valence-electron chi connectivity index (χ0n) is 12.0. The lowest BCUT2D eigenvalue weighted by atomic mass is 10.1. The van der Waals surface area contributed by atoms with Gasteiger partial charge in [0.1, 0.15) is 0 Å². The van der Waals surface area contributed by atoms with Crippen LogP contribution in [0.25, 0.3) is 21.8 Å². The maximum Gasteiger partial charge on any atom is 0.0563 e. The normalized spacial score (nSPS) is 12.8. The maximum absolute atomic E-state index is 2.44. The molecule has 0 bridgehead atoms. The van der Waals surface area contributed by atoms with Crippen molar-refractivity contribution in [1.82, 2.24) is 4.57 Å². The summed E-state index contributed by atoms with van der Waals surface area (Å²) in [5, 5.41) is 2.66. The van der Waals surface area contributed by atoms with Gasteiger partial charge in [-0.05, 0) is 24.6 Å². The molecule has 1 heterocycles. The molecule has 0 aliphatic carbocycles. The Morgan fingerprint density at radius 2 is 1.10 bits per heavy atom. The van der Waals surface area contributed by atoms with E-state index in [0.717, 1.165) is 0 Å². The van der Waals surface area contributed by atoms with Crippen molar-refractivity contribution >= 4 is 21.8 Å². The van der Waals surface area contributed by atoms with E-state index in [-0.39, 0.29) is 0 Å². The third-order valence-electron chi connectivity index (χ3n) is 4.29. The first-order chi connectivity index (χ1) is 10.4. The van der Waals surface area contributed by atoms with Crippen molar-refractivity contribution in [3.05, 3.63) is 84.4 Å². The smallest absolute Gasteiger partial charge is 0.0563 e. The number of para-hydroxylation sites is 2. The van der Waals surface area contributed by atoms with Gasteiger partial charge in [0.2, 0.25) is 0 Å². The van der Waals surface area contributed by atoms with Gasteiger partial charge in [-0.25, -0.2) is 0 Å². The zero-order chi connectivity index (χ0) is 14.2. The number of benzene rings is 3. The Hall–Kier alpha value is -2.54. The number of rotatable bonds is 2. The molecule has 1 heteroatoms. The third-order valence-corrected chi connectivity index (χ3v) is 4.29. The maximum atomic E-state index is 2.44. The molecule has 0 fully saturated rings. The summed E-state index contributed by atoms with van der Waals surface area (Å²) in [5.74, 6) is 0. The molecule has 4 rings (SSSR count). The van der Waals surface area contributed by atoms with E-state index < -0.39 is 0 Å². The molecule has 3 aromatic carbocycles. The predicted molar refractivity (Wildman–Crippen MR) is 89.7 cm³/mol. The predicted octanol–water partition coefficient (Wildman–Crippen LogP) is 5.40. The third kappa shape index (κ3) is 1.85. The molecule has 1 unspecified atom stereocenters. The molecule has 0 aliphatic rings. The van der Waals surface area contributed by atoms with E-state index in [2.05, 4.69) is 90.4 Å². The molecule has 0 N–H and O–H groups in total. The van der Waals surface area contributed by atoms with Gasteiger partial charge in [0.25, 0.3) is 0 Å². The summed E-state index contributed by atoms with van der Waals surface area (Å²) in [6.45, 7) is 2.27. The Morgan fingerprint density at radius 3 is 1.67 bits per heavy atom. The standard InChI is InChI=1S/C20H17N/c1-15(16-9-3-2-4-10-16)21-19-13-7-5-11-17(19)18-12-6-8-14-20(18)21/h2-15H,1H3. The highest BCUT2D eigenvalue weighted by molar-refractivity contribution is 6.08. The van der Waals surface area contributed by atoms with Crippen LogP contribution < -0.4 is 0 Å². The van der Waals surface area contributed by atoms with Crippen LogP contribution >= 0.6 is 0 Å². The minimum atomic E-state index is 0.316. The van der Waals surface area contributed by atoms with Gasteiger partial charge in [-0.1, -0.05) is 66.7 Å². The van der Waals surface area contributed by atoms with Crippen molar-refractivity contribution in [3.63, 3.8) is 0 Å². The van der Waals surface area contributed by atoms with Gasteiger partial charge in [0.15, 0.2) is 0 Å². The molecule has 4 aromatic rings. The van der Waals surface area contributed by atoms with E-state index in [0.29, 0.717) is 6.04 Å². The first-order valence-electron chi connectivity index (χ1n) is 7.39. The number of hydrogen-bond donors (Lipinski definition) is 0. The Morgan fingerprint density at radius 1 is 0.619 bits per heavy atom. The summed E-state index contributed by atoms with van der Waals surface area (Å²) < 4.78 is 2.44. The van der Waals surface area contributed by atoms with Gasteiger partial charge in [0, 0.05) is 21.8 Å². The molecule has 1 aromatic heterocycles. The molecule has 0 saturated carbocycles. The molecule has 0 saturated heterocycles. The first kappa shape index (κ1) is 12.2. The summed E-state index contributed by atoms with van der Waals surface area (Å²) in [7, 11) is 0. The molecule has 0 amide bonds. The van der Waals surface area contributed by atoms with E-state index in [1.807, 2.05) is 0 Å². The number of aromatic nitrogens is 1. The summed E-state index contributed by atoms with van der Waals surface area (Å²) in [6.07, 6.45) is 0. The second-order valence-corrected chi connectivity index (χ2v) is 5.49. The van der Waals surface area contributed by atoms with Crippen LogP contribution in [0.1, 0.15) is 18.5 Å². The van der Waals surface area contributed by atoms with Crippen molar-refractivity contribution in [2.45, 2.75) is 13.0 Å². The van der Waals surface area contributed by atoms with E-state index >= 15 is 0 Å². The fourth-order valence-corrected chi connectivity index (χ4v) is 3.25. The van der Waals surface area contributed by atoms with Gasteiger partial charge >= 0.3 is 0 Å². The SMILES string of the molecule is CC(c1ccccc1)n1c2ccccc2c2ccccc21. The lowest BCUT2D eigenvalue weighted by Crippen LogP contribution is -2.06. The molecule has 1 atom stereocenters. The van der Waals surface area contributed by atoms with Gasteiger partial charge in [0.05, 0.1) is 6.04 Å². The van der Waals surface area contributed by atoms with E-state index in [9.17, 15) is 0 Å². The molecule has 102 valence electrons. The monoisotopic (exact) mass is 271 g/mol. The van der Waals surface area contributed by atoms with Gasteiger partial charge in [-0.3, -0.25) is 0 Å². The summed E-state index contributed by atoms with van der Waals surface area (Å²) >= 11 is 0. The molecule has 0 aliphatic heterocycles. The quantitative estimate of drug-likeness (QED) is 0.460. The molecule has 0 radical (unpaired) electrons. The van der Waals surface area contributed by atoms with Gasteiger partial charge in [-0.15, -0.1) is 0 Å². The number of fused-ring (bicyclic) bond motifs is 3. The molecular formula is C20H17N. The second kappa shape index (κ2) is 4.78. The van der Waals surface area contributed by atoms with E-state index in [1.165, 1.54) is 27.4 Å². The largest absolute Gasteiger partial charge is 0.333 e. The molecule has 1 nitrogen and oxygen atoms in total. The minimum absolute atomic E-state index is 0.316. The van der Waals surface area contributed by atoms with Gasteiger partial charge < -0.3 is 4.57 Å². The van der Waals surface area contributed by atoms with E-state index in [4.69, 9.17) is 0 Å². The first-order valence-corrected chi connectivity index (χ1v) is 7.39. The molecule has 21 heavy (non-hydrogen) atoms. The lowest BCUT2D eigenvalue weighted by molar-refractivity contribution is 0.685. The summed E-state index contributed by atoms with van der Waals surface area (Å²) in [5.41, 5.74) is 3.94. The molecular weight excluding hydrogens is 254 g/mol. The van der Waals surface area contributed by atoms with Crippen LogP contribution in [-0.2, 0) is 0 Å². The minimum Gasteiger partial charge on any atom is -0.333 e. The fraction of sp³-hybridized carbons (Fsp3) is 0.100. The molecule has 0 spiro atoms. The number of nitrogens with zero attached hydrogens (tertiary/aromatic N) is 1. The van der Waals surface area contributed by atoms with Crippen molar-refractivity contribution in [2.24, 2.45) is 0 Å². The van der Waals surface area contributed by atoms with Crippen molar-refractivity contribution in [3.8, 4) is 0 Å². The Labute approximate surface area is 124 Å². The fourth-order valence-electron chi connectivity index (χ4n) is 3.25. The van der Waals surface area contributed by atoms with Crippen LogP contribution in [0.3, 0.4) is 0 Å². The average Bonchev–Trinajstić information content (AvgIpc) is 2.90. The Bertz CT molecular complexity index is 850. The van der Waals surface area contributed by atoms with Crippen LogP contribution in [-0.4, -0.2) is 4.57 Å². The average molecular weight is 271 g/mol. The van der Waals surface area contributed by atoms with Crippen molar-refractivity contribution < 1.29 is 0 Å². The highest BCUT2D eigenvalue weighted by atomic mass is 15.0. The van der Waals surface area contributed by atoms with Crippen LogP contribution in [0.2, 0.25) is 0 Å². The van der Waals surface area contributed by atoms with Crippen LogP contribution in [0.5, 0.6) is 0 Å². The highest BCUT2D eigenvalue weighted by Crippen LogP contribution is 2.33. The van der Waals surface area contributed by atoms with Crippen molar-refractivity contribution in [2.75, 3.05) is 0 Å². The van der Waals surface area contributed by atoms with Crippen LogP contribution in [0.4, 0.5) is 0 Å². The summed E-state index contributed by atoms with van der Waals surface area (Å²) in [4.78, 5) is 0. The van der Waals surface area contributed by atoms with E-state index in [1.54, 1.807) is 0 Å². The lowest BCUT2D eigenvalue weighted by Gasteiger charge is -2.17. The van der Waals surface area contributed by atoms with Crippen LogP contribution in [0.15, 0.2) is 78.9 Å². The van der Waals surface area contributed by atoms with Crippen LogP contribution in [0, 0.1) is 0 Å². The number of hydrogen-bond acceptors (Lipinski definition) is 0. The Kier molecular flexibility index (Phi) is 2.78. The Balaban J connectivity index is 2.06.